The zero-order valence-electron chi connectivity index (χ0n) is 13.6. The van der Waals surface area contributed by atoms with Crippen LogP contribution >= 0.6 is 0 Å². The van der Waals surface area contributed by atoms with Gasteiger partial charge in [-0.1, -0.05) is 20.8 Å². The number of aliphatic hydroxyl groups excluding tert-OH is 1. The highest BCUT2D eigenvalue weighted by Gasteiger charge is 2.29. The number of halogens is 2. The lowest BCUT2D eigenvalue weighted by Crippen LogP contribution is -2.46. The van der Waals surface area contributed by atoms with Gasteiger partial charge in [0, 0.05) is 24.9 Å². The van der Waals surface area contributed by atoms with E-state index in [-0.39, 0.29) is 23.8 Å². The predicted molar refractivity (Wildman–Crippen MR) is 79.9 cm³/mol. The lowest BCUT2D eigenvalue weighted by atomic mass is 9.94. The first-order chi connectivity index (χ1) is 10.2. The molecule has 0 bridgehead atoms. The fourth-order valence-corrected chi connectivity index (χ4v) is 2.15. The van der Waals surface area contributed by atoms with Crippen molar-refractivity contribution in [3.63, 3.8) is 0 Å². The van der Waals surface area contributed by atoms with E-state index in [2.05, 4.69) is 10.4 Å². The van der Waals surface area contributed by atoms with E-state index in [4.69, 9.17) is 5.11 Å². The maximum absolute atomic E-state index is 13.1. The van der Waals surface area contributed by atoms with Crippen LogP contribution in [0, 0.1) is 5.92 Å². The van der Waals surface area contributed by atoms with Crippen molar-refractivity contribution in [1.29, 1.82) is 0 Å². The third kappa shape index (κ3) is 4.76. The Bertz CT molecular complexity index is 503. The van der Waals surface area contributed by atoms with Crippen molar-refractivity contribution < 1.29 is 18.7 Å². The van der Waals surface area contributed by atoms with Crippen molar-refractivity contribution in [1.82, 2.24) is 15.1 Å². The molecule has 0 aliphatic heterocycles. The number of amides is 1. The molecule has 7 heteroatoms. The Morgan fingerprint density at radius 2 is 2.14 bits per heavy atom. The van der Waals surface area contributed by atoms with Crippen LogP contribution in [0.25, 0.3) is 0 Å². The standard InChI is InChI=1S/C15H25F2N3O2/c1-5-15(4,6-7-21)18-14(22)12-11(13(16)17)9-20(19-12)8-10(2)3/h9-10,13,21H,5-8H2,1-4H3,(H,18,22). The molecule has 0 spiro atoms. The maximum Gasteiger partial charge on any atom is 0.272 e. The summed E-state index contributed by atoms with van der Waals surface area (Å²) in [7, 11) is 0. The average Bonchev–Trinajstić information content (AvgIpc) is 2.82. The fourth-order valence-electron chi connectivity index (χ4n) is 2.15. The van der Waals surface area contributed by atoms with E-state index in [0.717, 1.165) is 0 Å². The van der Waals surface area contributed by atoms with Crippen LogP contribution in [0.4, 0.5) is 8.78 Å². The molecule has 0 saturated carbocycles. The quantitative estimate of drug-likeness (QED) is 0.775. The van der Waals surface area contributed by atoms with Gasteiger partial charge in [-0.15, -0.1) is 0 Å². The number of alkyl halides is 2. The van der Waals surface area contributed by atoms with Crippen LogP contribution in [0.3, 0.4) is 0 Å². The van der Waals surface area contributed by atoms with Gasteiger partial charge < -0.3 is 10.4 Å². The molecule has 0 fully saturated rings. The lowest BCUT2D eigenvalue weighted by molar-refractivity contribution is 0.0867. The van der Waals surface area contributed by atoms with Crippen LogP contribution in [0.2, 0.25) is 0 Å². The van der Waals surface area contributed by atoms with Crippen LogP contribution < -0.4 is 5.32 Å². The van der Waals surface area contributed by atoms with Gasteiger partial charge in [-0.3, -0.25) is 9.48 Å². The third-order valence-corrected chi connectivity index (χ3v) is 3.65. The summed E-state index contributed by atoms with van der Waals surface area (Å²) in [6.45, 7) is 7.90. The van der Waals surface area contributed by atoms with Gasteiger partial charge in [0.05, 0.1) is 5.56 Å². The number of carbonyl (C=O) groups is 1. The first-order valence-electron chi connectivity index (χ1n) is 7.51. The molecule has 1 rings (SSSR count). The highest BCUT2D eigenvalue weighted by atomic mass is 19.3. The minimum absolute atomic E-state index is 0.0892. The molecule has 2 N–H and O–H groups in total. The molecule has 1 aromatic heterocycles. The number of hydrogen-bond acceptors (Lipinski definition) is 3. The number of nitrogens with one attached hydrogen (secondary N) is 1. The summed E-state index contributed by atoms with van der Waals surface area (Å²) in [4.78, 5) is 12.3. The van der Waals surface area contributed by atoms with Crippen LogP contribution in [0.1, 0.15) is 63.0 Å². The van der Waals surface area contributed by atoms with Crippen molar-refractivity contribution in [2.24, 2.45) is 5.92 Å². The van der Waals surface area contributed by atoms with E-state index < -0.39 is 17.9 Å². The topological polar surface area (TPSA) is 67.2 Å². The lowest BCUT2D eigenvalue weighted by Gasteiger charge is -2.28. The van der Waals surface area contributed by atoms with E-state index >= 15 is 0 Å². The van der Waals surface area contributed by atoms with Crippen LogP contribution in [0.5, 0.6) is 0 Å². The minimum atomic E-state index is -2.76. The van der Waals surface area contributed by atoms with Crippen LogP contribution in [-0.2, 0) is 6.54 Å². The van der Waals surface area contributed by atoms with Gasteiger partial charge in [-0.25, -0.2) is 8.78 Å². The second-order valence-corrected chi connectivity index (χ2v) is 6.19. The summed E-state index contributed by atoms with van der Waals surface area (Å²) in [5.74, 6) is -0.396. The predicted octanol–water partition coefficient (Wildman–Crippen LogP) is 2.76. The average molecular weight is 317 g/mol. The normalized spacial score (nSPS) is 14.4. The molecule has 126 valence electrons. The molecule has 0 aliphatic rings. The highest BCUT2D eigenvalue weighted by molar-refractivity contribution is 5.94. The maximum atomic E-state index is 13.1. The van der Waals surface area contributed by atoms with Gasteiger partial charge in [0.1, 0.15) is 0 Å². The second-order valence-electron chi connectivity index (χ2n) is 6.19. The molecular formula is C15H25F2N3O2. The zero-order chi connectivity index (χ0) is 16.9. The van der Waals surface area contributed by atoms with Crippen molar-refractivity contribution >= 4 is 5.91 Å². The summed E-state index contributed by atoms with van der Waals surface area (Å²) < 4.78 is 27.6. The van der Waals surface area contributed by atoms with E-state index in [1.165, 1.54) is 10.9 Å². The van der Waals surface area contributed by atoms with E-state index in [1.807, 2.05) is 20.8 Å². The first-order valence-corrected chi connectivity index (χ1v) is 7.51. The van der Waals surface area contributed by atoms with Crippen LogP contribution in [-0.4, -0.2) is 32.9 Å². The number of carbonyl (C=O) groups excluding carboxylic acids is 1. The van der Waals surface area contributed by atoms with E-state index in [9.17, 15) is 13.6 Å². The molecule has 22 heavy (non-hydrogen) atoms. The summed E-state index contributed by atoms with van der Waals surface area (Å²) in [6.07, 6.45) is -0.593. The Hall–Kier alpha value is -1.50. The number of aliphatic hydroxyl groups is 1. The monoisotopic (exact) mass is 317 g/mol. The minimum Gasteiger partial charge on any atom is -0.396 e. The summed E-state index contributed by atoms with van der Waals surface area (Å²) >= 11 is 0. The Labute approximate surface area is 129 Å². The number of nitrogens with zero attached hydrogens (tertiary/aromatic N) is 2. The van der Waals surface area contributed by atoms with Crippen LogP contribution in [0.15, 0.2) is 6.20 Å². The Morgan fingerprint density at radius 3 is 2.59 bits per heavy atom. The summed E-state index contributed by atoms with van der Waals surface area (Å²) in [6, 6.07) is 0. The summed E-state index contributed by atoms with van der Waals surface area (Å²) in [5, 5.41) is 15.8. The zero-order valence-corrected chi connectivity index (χ0v) is 13.6. The fraction of sp³-hybridized carbons (Fsp3) is 0.733. The number of aromatic nitrogens is 2. The highest BCUT2D eigenvalue weighted by Crippen LogP contribution is 2.24. The van der Waals surface area contributed by atoms with Crippen molar-refractivity contribution in [3.8, 4) is 0 Å². The Balaban J connectivity index is 3.03. The third-order valence-electron chi connectivity index (χ3n) is 3.65. The number of hydrogen-bond donors (Lipinski definition) is 2. The molecule has 5 nitrogen and oxygen atoms in total. The van der Waals surface area contributed by atoms with Crippen molar-refractivity contribution in [2.45, 2.75) is 59.0 Å². The number of rotatable bonds is 8. The second kappa shape index (κ2) is 7.67. The molecule has 0 radical (unpaired) electrons. The van der Waals surface area contributed by atoms with Gasteiger partial charge in [-0.05, 0) is 25.7 Å². The van der Waals surface area contributed by atoms with Crippen molar-refractivity contribution in [2.75, 3.05) is 6.61 Å². The summed E-state index contributed by atoms with van der Waals surface area (Å²) in [5.41, 5.74) is -1.25. The molecule has 1 amide bonds. The molecule has 1 aromatic rings. The molecular weight excluding hydrogens is 292 g/mol. The van der Waals surface area contributed by atoms with Gasteiger partial charge in [-0.2, -0.15) is 5.10 Å². The molecule has 1 heterocycles. The van der Waals surface area contributed by atoms with Gasteiger partial charge in [0.15, 0.2) is 5.69 Å². The molecule has 1 atom stereocenters. The van der Waals surface area contributed by atoms with Gasteiger partial charge in [0.2, 0.25) is 0 Å². The Kier molecular flexibility index (Phi) is 6.47. The molecule has 1 unspecified atom stereocenters. The van der Waals surface area contributed by atoms with Gasteiger partial charge >= 0.3 is 0 Å². The molecule has 0 aromatic carbocycles. The smallest absolute Gasteiger partial charge is 0.272 e. The Morgan fingerprint density at radius 1 is 1.50 bits per heavy atom. The van der Waals surface area contributed by atoms with E-state index in [1.54, 1.807) is 6.92 Å². The molecule has 0 saturated heterocycles. The molecule has 0 aliphatic carbocycles. The van der Waals surface area contributed by atoms with E-state index in [0.29, 0.717) is 19.4 Å². The largest absolute Gasteiger partial charge is 0.396 e. The van der Waals surface area contributed by atoms with Gasteiger partial charge in [0.25, 0.3) is 12.3 Å². The first kappa shape index (κ1) is 18.5. The SMILES string of the molecule is CCC(C)(CCO)NC(=O)c1nn(CC(C)C)cc1C(F)F. The van der Waals surface area contributed by atoms with Crippen molar-refractivity contribution in [3.05, 3.63) is 17.5 Å².